The molecule has 2 aromatic carbocycles. The molecule has 0 aliphatic carbocycles. The highest BCUT2D eigenvalue weighted by atomic mass is 35.5. The standard InChI is InChI=1S/C15H16ClNO/c1-11-5-3-7-13(9-11)18-15-12(10-17-2)6-4-8-14(15)16/h3-9,17H,10H2,1-2H3. The summed E-state index contributed by atoms with van der Waals surface area (Å²) in [5, 5.41) is 3.74. The number of para-hydroxylation sites is 1. The topological polar surface area (TPSA) is 21.3 Å². The van der Waals surface area contributed by atoms with E-state index >= 15 is 0 Å². The van der Waals surface area contributed by atoms with Gasteiger partial charge in [0.15, 0.2) is 0 Å². The minimum atomic E-state index is 0.629. The third kappa shape index (κ3) is 3.03. The Morgan fingerprint density at radius 3 is 2.67 bits per heavy atom. The number of hydrogen-bond donors (Lipinski definition) is 1. The Kier molecular flexibility index (Phi) is 4.24. The van der Waals surface area contributed by atoms with Crippen molar-refractivity contribution in [3.05, 3.63) is 58.6 Å². The van der Waals surface area contributed by atoms with Gasteiger partial charge in [0.05, 0.1) is 5.02 Å². The lowest BCUT2D eigenvalue weighted by Crippen LogP contribution is -2.06. The second-order valence-electron chi connectivity index (χ2n) is 4.18. The molecule has 0 aliphatic heterocycles. The molecule has 0 bridgehead atoms. The van der Waals surface area contributed by atoms with Crippen molar-refractivity contribution in [1.82, 2.24) is 5.32 Å². The highest BCUT2D eigenvalue weighted by molar-refractivity contribution is 6.32. The molecular weight excluding hydrogens is 246 g/mol. The van der Waals surface area contributed by atoms with E-state index in [4.69, 9.17) is 16.3 Å². The lowest BCUT2D eigenvalue weighted by Gasteiger charge is -2.13. The maximum Gasteiger partial charge on any atom is 0.150 e. The van der Waals surface area contributed by atoms with Crippen LogP contribution in [0.2, 0.25) is 5.02 Å². The van der Waals surface area contributed by atoms with E-state index in [0.717, 1.165) is 29.2 Å². The van der Waals surface area contributed by atoms with Gasteiger partial charge in [0.1, 0.15) is 11.5 Å². The van der Waals surface area contributed by atoms with E-state index in [2.05, 4.69) is 5.32 Å². The van der Waals surface area contributed by atoms with Gasteiger partial charge in [-0.3, -0.25) is 0 Å². The molecule has 2 nitrogen and oxygen atoms in total. The van der Waals surface area contributed by atoms with Crippen LogP contribution >= 0.6 is 11.6 Å². The molecule has 0 radical (unpaired) electrons. The summed E-state index contributed by atoms with van der Waals surface area (Å²) in [6.45, 7) is 2.76. The summed E-state index contributed by atoms with van der Waals surface area (Å²) in [7, 11) is 1.90. The van der Waals surface area contributed by atoms with Crippen LogP contribution in [0.3, 0.4) is 0 Å². The van der Waals surface area contributed by atoms with Crippen LogP contribution in [-0.2, 0) is 6.54 Å². The van der Waals surface area contributed by atoms with Gasteiger partial charge in [-0.2, -0.15) is 0 Å². The maximum atomic E-state index is 6.20. The van der Waals surface area contributed by atoms with Gasteiger partial charge < -0.3 is 10.1 Å². The van der Waals surface area contributed by atoms with Crippen molar-refractivity contribution in [1.29, 1.82) is 0 Å². The van der Waals surface area contributed by atoms with Gasteiger partial charge in [-0.25, -0.2) is 0 Å². The van der Waals surface area contributed by atoms with Gasteiger partial charge in [-0.05, 0) is 37.7 Å². The monoisotopic (exact) mass is 261 g/mol. The second kappa shape index (κ2) is 5.89. The molecule has 2 rings (SSSR count). The third-order valence-corrected chi connectivity index (χ3v) is 2.92. The van der Waals surface area contributed by atoms with Crippen LogP contribution in [-0.4, -0.2) is 7.05 Å². The Labute approximate surface area is 113 Å². The van der Waals surface area contributed by atoms with Gasteiger partial charge in [0, 0.05) is 12.1 Å². The second-order valence-corrected chi connectivity index (χ2v) is 4.58. The lowest BCUT2D eigenvalue weighted by atomic mass is 10.2. The smallest absolute Gasteiger partial charge is 0.150 e. The highest BCUT2D eigenvalue weighted by Gasteiger charge is 2.09. The molecule has 0 spiro atoms. The number of aryl methyl sites for hydroxylation is 1. The Bertz CT molecular complexity index is 540. The van der Waals surface area contributed by atoms with Crippen LogP contribution in [0.15, 0.2) is 42.5 Å². The fourth-order valence-corrected chi connectivity index (χ4v) is 2.03. The first kappa shape index (κ1) is 12.9. The van der Waals surface area contributed by atoms with E-state index in [1.54, 1.807) is 0 Å². The molecule has 0 atom stereocenters. The molecule has 0 saturated heterocycles. The van der Waals surface area contributed by atoms with E-state index in [1.165, 1.54) is 0 Å². The zero-order valence-corrected chi connectivity index (χ0v) is 11.3. The average molecular weight is 262 g/mol. The summed E-state index contributed by atoms with van der Waals surface area (Å²) < 4.78 is 5.90. The zero-order valence-electron chi connectivity index (χ0n) is 10.5. The largest absolute Gasteiger partial charge is 0.455 e. The minimum Gasteiger partial charge on any atom is -0.455 e. The van der Waals surface area contributed by atoms with Crippen LogP contribution in [0, 0.1) is 6.92 Å². The molecule has 2 aromatic rings. The Balaban J connectivity index is 2.33. The van der Waals surface area contributed by atoms with Crippen molar-refractivity contribution >= 4 is 11.6 Å². The van der Waals surface area contributed by atoms with Crippen LogP contribution in [0.1, 0.15) is 11.1 Å². The molecule has 0 amide bonds. The SMILES string of the molecule is CNCc1cccc(Cl)c1Oc1cccc(C)c1. The number of halogens is 1. The number of hydrogen-bond acceptors (Lipinski definition) is 2. The van der Waals surface area contributed by atoms with Gasteiger partial charge >= 0.3 is 0 Å². The third-order valence-electron chi connectivity index (χ3n) is 2.63. The van der Waals surface area contributed by atoms with Gasteiger partial charge in [-0.15, -0.1) is 0 Å². The van der Waals surface area contributed by atoms with Crippen molar-refractivity contribution in [3.63, 3.8) is 0 Å². The summed E-state index contributed by atoms with van der Waals surface area (Å²) in [5.74, 6) is 1.53. The maximum absolute atomic E-state index is 6.20. The number of benzene rings is 2. The quantitative estimate of drug-likeness (QED) is 0.892. The van der Waals surface area contributed by atoms with Gasteiger partial charge in [-0.1, -0.05) is 35.9 Å². The molecule has 0 aliphatic rings. The van der Waals surface area contributed by atoms with Crippen molar-refractivity contribution in [2.75, 3.05) is 7.05 Å². The first-order valence-corrected chi connectivity index (χ1v) is 6.25. The van der Waals surface area contributed by atoms with E-state index in [-0.39, 0.29) is 0 Å². The summed E-state index contributed by atoms with van der Waals surface area (Å²) in [6, 6.07) is 13.7. The molecule has 0 saturated carbocycles. The number of ether oxygens (including phenoxy) is 1. The molecule has 0 unspecified atom stereocenters. The predicted octanol–water partition coefficient (Wildman–Crippen LogP) is 4.16. The average Bonchev–Trinajstić information content (AvgIpc) is 2.34. The summed E-state index contributed by atoms with van der Waals surface area (Å²) in [4.78, 5) is 0. The molecule has 0 heterocycles. The molecule has 0 aromatic heterocycles. The fourth-order valence-electron chi connectivity index (χ4n) is 1.79. The Hall–Kier alpha value is -1.51. The molecule has 1 N–H and O–H groups in total. The van der Waals surface area contributed by atoms with E-state index in [0.29, 0.717) is 5.02 Å². The molecule has 0 fully saturated rings. The van der Waals surface area contributed by atoms with Crippen molar-refractivity contribution < 1.29 is 4.74 Å². The Morgan fingerprint density at radius 2 is 1.94 bits per heavy atom. The zero-order chi connectivity index (χ0) is 13.0. The van der Waals surface area contributed by atoms with Crippen LogP contribution in [0.4, 0.5) is 0 Å². The Morgan fingerprint density at radius 1 is 1.17 bits per heavy atom. The van der Waals surface area contributed by atoms with E-state index < -0.39 is 0 Å². The summed E-state index contributed by atoms with van der Waals surface area (Å²) in [5.41, 5.74) is 2.21. The van der Waals surface area contributed by atoms with Gasteiger partial charge in [0.2, 0.25) is 0 Å². The highest BCUT2D eigenvalue weighted by Crippen LogP contribution is 2.33. The number of nitrogens with one attached hydrogen (secondary N) is 1. The van der Waals surface area contributed by atoms with Crippen LogP contribution in [0.5, 0.6) is 11.5 Å². The summed E-state index contributed by atoms with van der Waals surface area (Å²) >= 11 is 6.20. The van der Waals surface area contributed by atoms with Crippen molar-refractivity contribution in [3.8, 4) is 11.5 Å². The van der Waals surface area contributed by atoms with Gasteiger partial charge in [0.25, 0.3) is 0 Å². The van der Waals surface area contributed by atoms with Crippen LogP contribution < -0.4 is 10.1 Å². The van der Waals surface area contributed by atoms with Crippen molar-refractivity contribution in [2.45, 2.75) is 13.5 Å². The van der Waals surface area contributed by atoms with E-state index in [1.807, 2.05) is 56.4 Å². The first-order valence-electron chi connectivity index (χ1n) is 5.87. The predicted molar refractivity (Wildman–Crippen MR) is 75.5 cm³/mol. The first-order chi connectivity index (χ1) is 8.70. The normalized spacial score (nSPS) is 10.4. The number of rotatable bonds is 4. The van der Waals surface area contributed by atoms with E-state index in [9.17, 15) is 0 Å². The lowest BCUT2D eigenvalue weighted by molar-refractivity contribution is 0.474. The molecular formula is C15H16ClNO. The summed E-state index contributed by atoms with van der Waals surface area (Å²) in [6.07, 6.45) is 0. The minimum absolute atomic E-state index is 0.629. The fraction of sp³-hybridized carbons (Fsp3) is 0.200. The molecule has 3 heteroatoms. The molecule has 18 heavy (non-hydrogen) atoms. The molecule has 94 valence electrons. The van der Waals surface area contributed by atoms with Crippen molar-refractivity contribution in [2.24, 2.45) is 0 Å². The van der Waals surface area contributed by atoms with Crippen LogP contribution in [0.25, 0.3) is 0 Å².